The van der Waals surface area contributed by atoms with Crippen molar-refractivity contribution in [2.45, 2.75) is 33.1 Å². The van der Waals surface area contributed by atoms with E-state index in [1.165, 1.54) is 0 Å². The van der Waals surface area contributed by atoms with Gasteiger partial charge in [0.2, 0.25) is 11.8 Å². The van der Waals surface area contributed by atoms with E-state index in [1.54, 1.807) is 7.11 Å². The summed E-state index contributed by atoms with van der Waals surface area (Å²) in [4.78, 5) is 24.4. The number of hydrogen-bond acceptors (Lipinski definition) is 3. The lowest BCUT2D eigenvalue weighted by molar-refractivity contribution is -0.125. The Labute approximate surface area is 137 Å². The monoisotopic (exact) mass is 318 g/mol. The average Bonchev–Trinajstić information content (AvgIpc) is 3.36. The summed E-state index contributed by atoms with van der Waals surface area (Å²) in [5.74, 6) is -0.521. The molecule has 2 N–H and O–H groups in total. The fourth-order valence-electron chi connectivity index (χ4n) is 2.80. The molecular weight excluding hydrogens is 292 g/mol. The number of ether oxygens (including phenoxy) is 1. The van der Waals surface area contributed by atoms with E-state index in [2.05, 4.69) is 24.5 Å². The lowest BCUT2D eigenvalue weighted by atomic mass is 10.0. The quantitative estimate of drug-likeness (QED) is 0.722. The van der Waals surface area contributed by atoms with Gasteiger partial charge in [-0.25, -0.2) is 0 Å². The molecule has 23 heavy (non-hydrogen) atoms. The maximum atomic E-state index is 12.4. The van der Waals surface area contributed by atoms with Crippen molar-refractivity contribution in [1.82, 2.24) is 5.32 Å². The Kier molecular flexibility index (Phi) is 6.16. The van der Waals surface area contributed by atoms with E-state index in [4.69, 9.17) is 4.74 Å². The predicted molar refractivity (Wildman–Crippen MR) is 90.3 cm³/mol. The molecule has 0 radical (unpaired) electrons. The van der Waals surface area contributed by atoms with Crippen LogP contribution in [-0.4, -0.2) is 32.1 Å². The van der Waals surface area contributed by atoms with Crippen LogP contribution >= 0.6 is 0 Å². The van der Waals surface area contributed by atoms with Crippen LogP contribution < -0.4 is 10.6 Å². The molecule has 0 aromatic heterocycles. The van der Waals surface area contributed by atoms with Crippen LogP contribution in [0.25, 0.3) is 0 Å². The van der Waals surface area contributed by atoms with E-state index in [0.29, 0.717) is 19.6 Å². The van der Waals surface area contributed by atoms with E-state index in [1.807, 2.05) is 18.2 Å². The third kappa shape index (κ3) is 4.32. The van der Waals surface area contributed by atoms with E-state index >= 15 is 0 Å². The van der Waals surface area contributed by atoms with Crippen LogP contribution in [0, 0.1) is 11.8 Å². The molecule has 1 saturated carbocycles. The first-order valence-corrected chi connectivity index (χ1v) is 8.30. The molecule has 0 bridgehead atoms. The Bertz CT molecular complexity index is 549. The molecule has 126 valence electrons. The third-order valence-electron chi connectivity index (χ3n) is 4.32. The highest BCUT2D eigenvalue weighted by Crippen LogP contribution is 2.40. The second-order valence-electron chi connectivity index (χ2n) is 5.88. The van der Waals surface area contributed by atoms with Gasteiger partial charge in [-0.1, -0.05) is 32.0 Å². The van der Waals surface area contributed by atoms with Crippen LogP contribution in [0.1, 0.15) is 31.4 Å². The van der Waals surface area contributed by atoms with Crippen molar-refractivity contribution >= 4 is 17.5 Å². The maximum absolute atomic E-state index is 12.4. The number of benzene rings is 1. The van der Waals surface area contributed by atoms with Crippen molar-refractivity contribution in [2.24, 2.45) is 11.8 Å². The maximum Gasteiger partial charge on any atom is 0.228 e. The van der Waals surface area contributed by atoms with Gasteiger partial charge in [-0.2, -0.15) is 0 Å². The van der Waals surface area contributed by atoms with Gasteiger partial charge >= 0.3 is 0 Å². The molecule has 2 unspecified atom stereocenters. The Morgan fingerprint density at radius 2 is 1.74 bits per heavy atom. The van der Waals surface area contributed by atoms with Crippen molar-refractivity contribution in [3.8, 4) is 0 Å². The zero-order valence-corrected chi connectivity index (χ0v) is 14.1. The number of hydrogen-bond donors (Lipinski definition) is 2. The molecule has 1 aliphatic carbocycles. The number of anilines is 1. The van der Waals surface area contributed by atoms with Gasteiger partial charge in [0, 0.05) is 19.3 Å². The standard InChI is InChI=1S/C18H26N2O3/c1-4-12-7-6-8-13(5-2)16(12)20-18(22)15-11-14(15)17(21)19-9-10-23-3/h6-8,14-15H,4-5,9-11H2,1-3H3,(H,19,21)(H,20,22). The summed E-state index contributed by atoms with van der Waals surface area (Å²) in [5, 5.41) is 5.85. The molecule has 5 nitrogen and oxygen atoms in total. The molecule has 1 aliphatic rings. The van der Waals surface area contributed by atoms with E-state index in [-0.39, 0.29) is 23.7 Å². The number of amides is 2. The van der Waals surface area contributed by atoms with Gasteiger partial charge < -0.3 is 15.4 Å². The molecule has 0 aliphatic heterocycles. The summed E-state index contributed by atoms with van der Waals surface area (Å²) in [7, 11) is 1.59. The van der Waals surface area contributed by atoms with Gasteiger partial charge in [-0.3, -0.25) is 9.59 Å². The Morgan fingerprint density at radius 3 is 2.30 bits per heavy atom. The van der Waals surface area contributed by atoms with E-state index in [9.17, 15) is 9.59 Å². The summed E-state index contributed by atoms with van der Waals surface area (Å²) in [6.45, 7) is 5.12. The lowest BCUT2D eigenvalue weighted by Gasteiger charge is -2.14. The molecule has 2 amide bonds. The smallest absolute Gasteiger partial charge is 0.228 e. The van der Waals surface area contributed by atoms with Crippen molar-refractivity contribution in [2.75, 3.05) is 25.6 Å². The van der Waals surface area contributed by atoms with Crippen molar-refractivity contribution in [3.05, 3.63) is 29.3 Å². The molecule has 0 heterocycles. The number of carbonyl (C=O) groups is 2. The fraction of sp³-hybridized carbons (Fsp3) is 0.556. The Hall–Kier alpha value is -1.88. The highest BCUT2D eigenvalue weighted by atomic mass is 16.5. The molecule has 2 rings (SSSR count). The Morgan fingerprint density at radius 1 is 1.13 bits per heavy atom. The topological polar surface area (TPSA) is 67.4 Å². The second-order valence-corrected chi connectivity index (χ2v) is 5.88. The van der Waals surface area contributed by atoms with Crippen molar-refractivity contribution < 1.29 is 14.3 Å². The van der Waals surface area contributed by atoms with Gasteiger partial charge in [0.15, 0.2) is 0 Å². The molecule has 0 spiro atoms. The largest absolute Gasteiger partial charge is 0.383 e. The van der Waals surface area contributed by atoms with Gasteiger partial charge in [-0.05, 0) is 30.4 Å². The number of methoxy groups -OCH3 is 1. The first-order chi connectivity index (χ1) is 11.1. The second kappa shape index (κ2) is 8.11. The van der Waals surface area contributed by atoms with Crippen LogP contribution in [0.2, 0.25) is 0 Å². The van der Waals surface area contributed by atoms with Crippen LogP contribution in [0.15, 0.2) is 18.2 Å². The highest BCUT2D eigenvalue weighted by Gasteiger charge is 2.48. The van der Waals surface area contributed by atoms with E-state index in [0.717, 1.165) is 29.7 Å². The zero-order chi connectivity index (χ0) is 16.8. The summed E-state index contributed by atoms with van der Waals surface area (Å²) in [5.41, 5.74) is 3.20. The molecule has 1 fully saturated rings. The first-order valence-electron chi connectivity index (χ1n) is 8.30. The molecule has 1 aromatic rings. The van der Waals surface area contributed by atoms with Crippen LogP contribution in [0.3, 0.4) is 0 Å². The van der Waals surface area contributed by atoms with Gasteiger partial charge in [0.1, 0.15) is 0 Å². The minimum Gasteiger partial charge on any atom is -0.383 e. The molecule has 2 atom stereocenters. The summed E-state index contributed by atoms with van der Waals surface area (Å²) < 4.78 is 4.90. The van der Waals surface area contributed by atoms with Crippen LogP contribution in [-0.2, 0) is 27.2 Å². The molecular formula is C18H26N2O3. The van der Waals surface area contributed by atoms with Crippen molar-refractivity contribution in [1.29, 1.82) is 0 Å². The third-order valence-corrected chi connectivity index (χ3v) is 4.32. The van der Waals surface area contributed by atoms with E-state index < -0.39 is 0 Å². The minimum absolute atomic E-state index is 0.0486. The lowest BCUT2D eigenvalue weighted by Crippen LogP contribution is -2.30. The van der Waals surface area contributed by atoms with Crippen molar-refractivity contribution in [3.63, 3.8) is 0 Å². The Balaban J connectivity index is 1.95. The predicted octanol–water partition coefficient (Wildman–Crippen LogP) is 2.15. The molecule has 5 heteroatoms. The number of para-hydroxylation sites is 1. The normalized spacial score (nSPS) is 19.3. The number of nitrogens with one attached hydrogen (secondary N) is 2. The van der Waals surface area contributed by atoms with Gasteiger partial charge in [-0.15, -0.1) is 0 Å². The minimum atomic E-state index is -0.216. The van der Waals surface area contributed by atoms with Crippen LogP contribution in [0.5, 0.6) is 0 Å². The first kappa shape index (κ1) is 17.5. The number of aryl methyl sites for hydroxylation is 2. The molecule has 0 saturated heterocycles. The summed E-state index contributed by atoms with van der Waals surface area (Å²) in [6, 6.07) is 6.10. The fourth-order valence-corrected chi connectivity index (χ4v) is 2.80. The number of rotatable bonds is 8. The van der Waals surface area contributed by atoms with Gasteiger partial charge in [0.05, 0.1) is 18.4 Å². The van der Waals surface area contributed by atoms with Gasteiger partial charge in [0.25, 0.3) is 0 Å². The zero-order valence-electron chi connectivity index (χ0n) is 14.1. The summed E-state index contributed by atoms with van der Waals surface area (Å²) >= 11 is 0. The number of carbonyl (C=O) groups excluding carboxylic acids is 2. The summed E-state index contributed by atoms with van der Waals surface area (Å²) in [6.07, 6.45) is 2.37. The average molecular weight is 318 g/mol. The highest BCUT2D eigenvalue weighted by molar-refractivity contribution is 6.00. The SMILES string of the molecule is CCc1cccc(CC)c1NC(=O)C1CC1C(=O)NCCOC. The van der Waals surface area contributed by atoms with Crippen LogP contribution in [0.4, 0.5) is 5.69 Å². The molecule has 1 aromatic carbocycles.